The van der Waals surface area contributed by atoms with Gasteiger partial charge in [0.05, 0.1) is 6.61 Å². The maximum absolute atomic E-state index is 9.28. The predicted molar refractivity (Wildman–Crippen MR) is 40.2 cm³/mol. The van der Waals surface area contributed by atoms with Crippen molar-refractivity contribution in [2.24, 2.45) is 0 Å². The molecule has 0 aromatic heterocycles. The zero-order chi connectivity index (χ0) is 8.55. The molecule has 4 heteroatoms. The maximum Gasteiger partial charge on any atom is 0.231 e. The van der Waals surface area contributed by atoms with Gasteiger partial charge in [-0.15, -0.1) is 0 Å². The summed E-state index contributed by atoms with van der Waals surface area (Å²) in [5.41, 5.74) is 0.444. The summed E-state index contributed by atoms with van der Waals surface area (Å²) in [6, 6.07) is 3.01. The van der Waals surface area contributed by atoms with E-state index >= 15 is 0 Å². The van der Waals surface area contributed by atoms with E-state index in [0.717, 1.165) is 0 Å². The summed E-state index contributed by atoms with van der Waals surface area (Å²) in [7, 11) is 0. The molecule has 0 saturated carbocycles. The summed E-state index contributed by atoms with van der Waals surface area (Å²) >= 11 is 0. The van der Waals surface area contributed by atoms with Gasteiger partial charge in [0.25, 0.3) is 0 Å². The van der Waals surface area contributed by atoms with Crippen LogP contribution in [0.1, 0.15) is 5.56 Å². The van der Waals surface area contributed by atoms with Crippen molar-refractivity contribution in [3.05, 3.63) is 17.7 Å². The molecule has 1 heterocycles. The van der Waals surface area contributed by atoms with E-state index < -0.39 is 0 Å². The largest absolute Gasteiger partial charge is 0.507 e. The molecule has 0 saturated heterocycles. The lowest BCUT2D eigenvalue weighted by atomic mass is 10.2. The SMILES string of the molecule is OCc1cc2c(cc1O)OCO2. The number of hydrogen-bond donors (Lipinski definition) is 2. The predicted octanol–water partition coefficient (Wildman–Crippen LogP) is 0.613. The van der Waals surface area contributed by atoms with E-state index in [4.69, 9.17) is 14.6 Å². The molecule has 0 radical (unpaired) electrons. The highest BCUT2D eigenvalue weighted by molar-refractivity contribution is 5.50. The fraction of sp³-hybridized carbons (Fsp3) is 0.250. The topological polar surface area (TPSA) is 58.9 Å². The smallest absolute Gasteiger partial charge is 0.231 e. The standard InChI is InChI=1S/C8H8O4/c9-3-5-1-7-8(2-6(5)10)12-4-11-7/h1-2,9-10H,3-4H2. The first-order valence-electron chi connectivity index (χ1n) is 3.53. The van der Waals surface area contributed by atoms with Gasteiger partial charge in [-0.05, 0) is 6.07 Å². The number of phenols is 1. The first-order chi connectivity index (χ1) is 5.81. The summed E-state index contributed by atoms with van der Waals surface area (Å²) < 4.78 is 10.1. The van der Waals surface area contributed by atoms with Crippen LogP contribution in [0.2, 0.25) is 0 Å². The Morgan fingerprint density at radius 1 is 1.25 bits per heavy atom. The third-order valence-corrected chi connectivity index (χ3v) is 1.74. The van der Waals surface area contributed by atoms with Crippen LogP contribution in [0.5, 0.6) is 17.2 Å². The van der Waals surface area contributed by atoms with Crippen LogP contribution in [-0.4, -0.2) is 17.0 Å². The minimum absolute atomic E-state index is 0.0294. The summed E-state index contributed by atoms with van der Waals surface area (Å²) in [6.45, 7) is -0.0356. The molecular weight excluding hydrogens is 160 g/mol. The molecule has 0 spiro atoms. The van der Waals surface area contributed by atoms with Gasteiger partial charge < -0.3 is 19.7 Å². The number of hydrogen-bond acceptors (Lipinski definition) is 4. The van der Waals surface area contributed by atoms with Crippen LogP contribution in [0.25, 0.3) is 0 Å². The van der Waals surface area contributed by atoms with Gasteiger partial charge in [0, 0.05) is 11.6 Å². The van der Waals surface area contributed by atoms with E-state index in [1.807, 2.05) is 0 Å². The third kappa shape index (κ3) is 0.967. The molecule has 0 unspecified atom stereocenters. The molecule has 1 aliphatic heterocycles. The Morgan fingerprint density at radius 2 is 1.92 bits per heavy atom. The first kappa shape index (κ1) is 7.24. The van der Waals surface area contributed by atoms with Crippen LogP contribution >= 0.6 is 0 Å². The zero-order valence-corrected chi connectivity index (χ0v) is 6.28. The second kappa shape index (κ2) is 2.57. The van der Waals surface area contributed by atoms with Gasteiger partial charge in [0.2, 0.25) is 6.79 Å². The van der Waals surface area contributed by atoms with Crippen LogP contribution in [-0.2, 0) is 6.61 Å². The number of aliphatic hydroxyl groups is 1. The molecule has 0 aliphatic carbocycles. The Morgan fingerprint density at radius 3 is 2.58 bits per heavy atom. The Kier molecular flexibility index (Phi) is 1.55. The van der Waals surface area contributed by atoms with Crippen LogP contribution in [0, 0.1) is 0 Å². The average molecular weight is 168 g/mol. The number of aromatic hydroxyl groups is 1. The van der Waals surface area contributed by atoms with Gasteiger partial charge in [-0.25, -0.2) is 0 Å². The van der Waals surface area contributed by atoms with Gasteiger partial charge in [-0.2, -0.15) is 0 Å². The number of fused-ring (bicyclic) bond motifs is 1. The molecule has 12 heavy (non-hydrogen) atoms. The number of ether oxygens (including phenoxy) is 2. The van der Waals surface area contributed by atoms with Crippen molar-refractivity contribution in [3.63, 3.8) is 0 Å². The van der Waals surface area contributed by atoms with Crippen molar-refractivity contribution in [2.45, 2.75) is 6.61 Å². The van der Waals surface area contributed by atoms with E-state index in [2.05, 4.69) is 0 Å². The van der Waals surface area contributed by atoms with E-state index in [1.165, 1.54) is 6.07 Å². The second-order valence-corrected chi connectivity index (χ2v) is 2.49. The molecule has 0 fully saturated rings. The van der Waals surface area contributed by atoms with Crippen molar-refractivity contribution in [1.29, 1.82) is 0 Å². The molecule has 0 amide bonds. The molecule has 64 valence electrons. The van der Waals surface area contributed by atoms with Crippen LogP contribution in [0.3, 0.4) is 0 Å². The molecule has 1 aromatic rings. The van der Waals surface area contributed by atoms with Crippen molar-refractivity contribution in [1.82, 2.24) is 0 Å². The minimum atomic E-state index is -0.206. The molecule has 1 aliphatic rings. The Labute approximate surface area is 69.0 Å². The van der Waals surface area contributed by atoms with E-state index in [9.17, 15) is 5.11 Å². The highest BCUT2D eigenvalue weighted by atomic mass is 16.7. The molecule has 0 bridgehead atoms. The fourth-order valence-electron chi connectivity index (χ4n) is 1.10. The highest BCUT2D eigenvalue weighted by Gasteiger charge is 2.16. The lowest BCUT2D eigenvalue weighted by molar-refractivity contribution is 0.173. The molecule has 2 N–H and O–H groups in total. The zero-order valence-electron chi connectivity index (χ0n) is 6.28. The quantitative estimate of drug-likeness (QED) is 0.645. The Bertz CT molecular complexity index is 307. The average Bonchev–Trinajstić information content (AvgIpc) is 2.49. The number of rotatable bonds is 1. The second-order valence-electron chi connectivity index (χ2n) is 2.49. The van der Waals surface area contributed by atoms with Gasteiger partial charge in [0.15, 0.2) is 11.5 Å². The van der Waals surface area contributed by atoms with Crippen molar-refractivity contribution in [2.75, 3.05) is 6.79 Å². The maximum atomic E-state index is 9.28. The lowest BCUT2D eigenvalue weighted by Gasteiger charge is -2.02. The summed E-state index contributed by atoms with van der Waals surface area (Å²) in [4.78, 5) is 0. The van der Waals surface area contributed by atoms with Crippen molar-refractivity contribution >= 4 is 0 Å². The highest BCUT2D eigenvalue weighted by Crippen LogP contribution is 2.37. The number of aliphatic hydroxyl groups excluding tert-OH is 1. The molecule has 1 aromatic carbocycles. The summed E-state index contributed by atoms with van der Waals surface area (Å²) in [5, 5.41) is 18.1. The normalized spacial score (nSPS) is 13.4. The van der Waals surface area contributed by atoms with Crippen LogP contribution in [0.4, 0.5) is 0 Å². The number of benzene rings is 1. The lowest BCUT2D eigenvalue weighted by Crippen LogP contribution is -1.92. The summed E-state index contributed by atoms with van der Waals surface area (Å²) in [6.07, 6.45) is 0. The van der Waals surface area contributed by atoms with Gasteiger partial charge >= 0.3 is 0 Å². The van der Waals surface area contributed by atoms with Crippen LogP contribution < -0.4 is 9.47 Å². The third-order valence-electron chi connectivity index (χ3n) is 1.74. The molecule has 4 nitrogen and oxygen atoms in total. The van der Waals surface area contributed by atoms with Crippen LogP contribution in [0.15, 0.2) is 12.1 Å². The fourth-order valence-corrected chi connectivity index (χ4v) is 1.10. The van der Waals surface area contributed by atoms with Gasteiger partial charge in [-0.1, -0.05) is 0 Å². The Balaban J connectivity index is 2.49. The van der Waals surface area contributed by atoms with E-state index in [-0.39, 0.29) is 19.1 Å². The molecular formula is C8H8O4. The first-order valence-corrected chi connectivity index (χ1v) is 3.53. The minimum Gasteiger partial charge on any atom is -0.507 e. The van der Waals surface area contributed by atoms with E-state index in [1.54, 1.807) is 6.07 Å². The summed E-state index contributed by atoms with van der Waals surface area (Å²) in [5.74, 6) is 1.11. The van der Waals surface area contributed by atoms with Gasteiger partial charge in [-0.3, -0.25) is 0 Å². The van der Waals surface area contributed by atoms with Crippen molar-refractivity contribution in [3.8, 4) is 17.2 Å². The Hall–Kier alpha value is -1.42. The van der Waals surface area contributed by atoms with Gasteiger partial charge in [0.1, 0.15) is 5.75 Å². The van der Waals surface area contributed by atoms with E-state index in [0.29, 0.717) is 17.1 Å². The molecule has 0 atom stereocenters. The van der Waals surface area contributed by atoms with Crippen molar-refractivity contribution < 1.29 is 19.7 Å². The monoisotopic (exact) mass is 168 g/mol. The molecule has 2 rings (SSSR count).